The summed E-state index contributed by atoms with van der Waals surface area (Å²) in [6.45, 7) is 1.71. The lowest BCUT2D eigenvalue weighted by atomic mass is 10.0. The number of rotatable bonds is 4. The number of nitrogens with two attached hydrogens (primary N) is 2. The SMILES string of the molecule is CC(c1c(F)c(Cl)c(Br)c2cnn(PI)c12)N(N)/N=C\N. The van der Waals surface area contributed by atoms with Gasteiger partial charge in [-0.25, -0.2) is 19.8 Å². The molecule has 2 aromatic rings. The predicted molar refractivity (Wildman–Crippen MR) is 97.3 cm³/mol. The molecular weight excluding hydrogens is 496 g/mol. The topological polar surface area (TPSA) is 85.5 Å². The van der Waals surface area contributed by atoms with Crippen molar-refractivity contribution < 1.29 is 4.39 Å². The van der Waals surface area contributed by atoms with E-state index >= 15 is 0 Å². The van der Waals surface area contributed by atoms with Crippen molar-refractivity contribution in [3.05, 3.63) is 27.1 Å². The third-order valence-electron chi connectivity index (χ3n) is 2.98. The van der Waals surface area contributed by atoms with Gasteiger partial charge in [0.05, 0.1) is 33.6 Å². The average molecular weight is 507 g/mol. The van der Waals surface area contributed by atoms with Crippen LogP contribution in [0.4, 0.5) is 4.39 Å². The van der Waals surface area contributed by atoms with Crippen LogP contribution < -0.4 is 11.6 Å². The molecule has 0 aliphatic rings. The Bertz CT molecular complexity index is 711. The summed E-state index contributed by atoms with van der Waals surface area (Å²) >= 11 is 11.5. The fourth-order valence-electron chi connectivity index (χ4n) is 1.96. The van der Waals surface area contributed by atoms with Crippen molar-refractivity contribution in [2.75, 3.05) is 0 Å². The van der Waals surface area contributed by atoms with Gasteiger partial charge in [-0.3, -0.25) is 0 Å². The van der Waals surface area contributed by atoms with Gasteiger partial charge >= 0.3 is 0 Å². The normalized spacial score (nSPS) is 13.8. The van der Waals surface area contributed by atoms with Crippen molar-refractivity contribution in [3.63, 3.8) is 0 Å². The van der Waals surface area contributed by atoms with E-state index < -0.39 is 11.9 Å². The summed E-state index contributed by atoms with van der Waals surface area (Å²) in [6.07, 6.45) is 2.99. The molecule has 0 saturated heterocycles. The molecule has 4 N–H and O–H groups in total. The van der Waals surface area contributed by atoms with Gasteiger partial charge in [-0.2, -0.15) is 10.2 Å². The van der Waals surface area contributed by atoms with Crippen molar-refractivity contribution >= 4 is 73.2 Å². The third-order valence-corrected chi connectivity index (χ3v) is 6.25. The van der Waals surface area contributed by atoms with Crippen molar-refractivity contribution in [2.24, 2.45) is 16.7 Å². The predicted octanol–water partition coefficient (Wildman–Crippen LogP) is 3.52. The molecule has 11 heteroatoms. The number of hydrogen-bond acceptors (Lipinski definition) is 4. The van der Waals surface area contributed by atoms with E-state index in [1.54, 1.807) is 17.6 Å². The van der Waals surface area contributed by atoms with Gasteiger partial charge in [-0.15, -0.1) is 0 Å². The first-order chi connectivity index (χ1) is 9.93. The lowest BCUT2D eigenvalue weighted by Crippen LogP contribution is -2.30. The van der Waals surface area contributed by atoms with Crippen LogP contribution in [0.5, 0.6) is 0 Å². The van der Waals surface area contributed by atoms with Crippen LogP contribution in [0.25, 0.3) is 10.9 Å². The number of nitrogens with zero attached hydrogens (tertiary/aromatic N) is 4. The van der Waals surface area contributed by atoms with Crippen molar-refractivity contribution in [1.82, 2.24) is 14.7 Å². The average Bonchev–Trinajstić information content (AvgIpc) is 2.89. The molecule has 0 amide bonds. The van der Waals surface area contributed by atoms with Gasteiger partial charge in [0.1, 0.15) is 6.34 Å². The molecule has 2 rings (SSSR count). The first kappa shape index (κ1) is 17.1. The Kier molecular flexibility index (Phi) is 5.64. The highest BCUT2D eigenvalue weighted by Crippen LogP contribution is 2.42. The van der Waals surface area contributed by atoms with E-state index in [9.17, 15) is 4.39 Å². The number of benzene rings is 1. The molecule has 1 heterocycles. The lowest BCUT2D eigenvalue weighted by molar-refractivity contribution is 0.225. The number of hydrazone groups is 1. The van der Waals surface area contributed by atoms with E-state index in [2.05, 4.69) is 48.2 Å². The molecule has 1 aromatic heterocycles. The molecule has 0 saturated carbocycles. The second-order valence-electron chi connectivity index (χ2n) is 4.08. The zero-order valence-electron chi connectivity index (χ0n) is 10.7. The zero-order valence-corrected chi connectivity index (χ0v) is 16.2. The fraction of sp³-hybridized carbons (Fsp3) is 0.200. The standard InChI is InChI=1S/C10H11BrClFIN6P/c1-4(19(16)18-3-15)6-9(13)8(12)7(11)5-2-17-20(21-14)10(5)6/h2-4,21H,16H2,1H3,(H2,15,18). The maximum absolute atomic E-state index is 14.7. The van der Waals surface area contributed by atoms with Crippen LogP contribution in [-0.2, 0) is 0 Å². The van der Waals surface area contributed by atoms with Crippen LogP contribution in [0, 0.1) is 5.82 Å². The first-order valence-electron chi connectivity index (χ1n) is 5.62. The van der Waals surface area contributed by atoms with E-state index in [4.69, 9.17) is 23.2 Å². The molecule has 2 unspecified atom stereocenters. The summed E-state index contributed by atoms with van der Waals surface area (Å²) in [6, 6.07) is -0.568. The van der Waals surface area contributed by atoms with Crippen LogP contribution in [0.3, 0.4) is 0 Å². The largest absolute Gasteiger partial charge is 0.388 e. The van der Waals surface area contributed by atoms with Crippen LogP contribution >= 0.6 is 55.9 Å². The van der Waals surface area contributed by atoms with Gasteiger partial charge in [-0.1, -0.05) is 11.6 Å². The minimum Gasteiger partial charge on any atom is -0.388 e. The maximum Gasteiger partial charge on any atom is 0.150 e. The van der Waals surface area contributed by atoms with E-state index in [1.807, 2.05) is 0 Å². The van der Waals surface area contributed by atoms with Crippen molar-refractivity contribution in [3.8, 4) is 0 Å². The van der Waals surface area contributed by atoms with Gasteiger partial charge in [0.15, 0.2) is 5.82 Å². The number of hydrazine groups is 1. The smallest absolute Gasteiger partial charge is 0.150 e. The maximum atomic E-state index is 14.7. The highest BCUT2D eigenvalue weighted by molar-refractivity contribution is 14.2. The molecular formula is C10H11BrClFIN6P. The summed E-state index contributed by atoms with van der Waals surface area (Å²) in [5, 5.41) is 9.79. The first-order valence-corrected chi connectivity index (χ1v) is 10.9. The Morgan fingerprint density at radius 1 is 1.71 bits per heavy atom. The number of fused-ring (bicyclic) bond motifs is 1. The van der Waals surface area contributed by atoms with Gasteiger partial charge in [0.25, 0.3) is 0 Å². The summed E-state index contributed by atoms with van der Waals surface area (Å²) in [5.41, 5.74) is 6.19. The Morgan fingerprint density at radius 2 is 2.38 bits per heavy atom. The third kappa shape index (κ3) is 2.98. The molecule has 0 aliphatic carbocycles. The second-order valence-corrected chi connectivity index (χ2v) is 7.29. The van der Waals surface area contributed by atoms with Crippen LogP contribution in [-0.4, -0.2) is 21.0 Å². The molecule has 2 atom stereocenters. The molecule has 1 aromatic carbocycles. The van der Waals surface area contributed by atoms with Crippen LogP contribution in [0.2, 0.25) is 5.02 Å². The lowest BCUT2D eigenvalue weighted by Gasteiger charge is -2.23. The molecule has 0 bridgehead atoms. The van der Waals surface area contributed by atoms with Gasteiger partial charge in [0.2, 0.25) is 0 Å². The molecule has 6 nitrogen and oxygen atoms in total. The Labute approximate surface area is 148 Å². The molecule has 0 spiro atoms. The minimum atomic E-state index is -0.568. The zero-order chi connectivity index (χ0) is 15.7. The van der Waals surface area contributed by atoms with Crippen molar-refractivity contribution in [1.29, 1.82) is 0 Å². The number of hydrogen-bond donors (Lipinski definition) is 2. The van der Waals surface area contributed by atoms with Gasteiger partial charge in [-0.05, 0) is 44.9 Å². The number of halogens is 4. The van der Waals surface area contributed by atoms with Gasteiger partial charge in [0, 0.05) is 10.9 Å². The van der Waals surface area contributed by atoms with E-state index in [-0.39, 0.29) is 5.02 Å². The van der Waals surface area contributed by atoms with E-state index in [0.717, 1.165) is 16.8 Å². The highest BCUT2D eigenvalue weighted by atomic mass is 127. The number of aromatic nitrogens is 2. The Hall–Kier alpha value is -0.220. The Morgan fingerprint density at radius 3 is 2.95 bits per heavy atom. The molecule has 114 valence electrons. The highest BCUT2D eigenvalue weighted by Gasteiger charge is 2.26. The van der Waals surface area contributed by atoms with Crippen molar-refractivity contribution in [2.45, 2.75) is 13.0 Å². The molecule has 0 fully saturated rings. The van der Waals surface area contributed by atoms with Crippen LogP contribution in [0.1, 0.15) is 18.5 Å². The minimum absolute atomic E-state index is 0.00850. The van der Waals surface area contributed by atoms with Gasteiger partial charge < -0.3 is 5.73 Å². The summed E-state index contributed by atoms with van der Waals surface area (Å²) in [7, 11) is 0. The monoisotopic (exact) mass is 506 g/mol. The molecule has 21 heavy (non-hydrogen) atoms. The fourth-order valence-corrected chi connectivity index (χ4v) is 4.15. The second kappa shape index (κ2) is 6.91. The Balaban J connectivity index is 2.79. The van der Waals surface area contributed by atoms with Crippen LogP contribution in [0.15, 0.2) is 15.8 Å². The summed E-state index contributed by atoms with van der Waals surface area (Å²) in [4.78, 5) is 0. The summed E-state index contributed by atoms with van der Waals surface area (Å²) < 4.78 is 16.8. The molecule has 0 aliphatic heterocycles. The quantitative estimate of drug-likeness (QED) is 0.126. The summed E-state index contributed by atoms with van der Waals surface area (Å²) in [5.74, 6) is 5.22. The van der Waals surface area contributed by atoms with E-state index in [0.29, 0.717) is 21.9 Å². The van der Waals surface area contributed by atoms with E-state index in [1.165, 1.54) is 0 Å². The molecule has 0 radical (unpaired) electrons.